The number of rotatable bonds is 6. The average molecular weight is 344 g/mol. The van der Waals surface area contributed by atoms with E-state index in [4.69, 9.17) is 23.2 Å². The molecule has 0 atom stereocenters. The van der Waals surface area contributed by atoms with Crippen LogP contribution in [0.1, 0.15) is 77.6 Å². The number of unbranched alkanes of at least 4 members (excludes halogenated alkanes) is 2. The van der Waals surface area contributed by atoms with Crippen molar-refractivity contribution in [2.75, 3.05) is 0 Å². The monoisotopic (exact) mass is 343 g/mol. The maximum absolute atomic E-state index is 12.9. The summed E-state index contributed by atoms with van der Waals surface area (Å²) >= 11 is 12.1. The zero-order valence-electron chi connectivity index (χ0n) is 13.5. The van der Waals surface area contributed by atoms with Gasteiger partial charge in [-0.3, -0.25) is 4.79 Å². The molecule has 22 heavy (non-hydrogen) atoms. The molecule has 4 heteroatoms. The standard InChI is InChI=1S/C18H27Cl2NO/c1-2-3-5-10-18(11-6-4-7-12-18)17(22)21-14-8-9-15(19)16(20)13-14/h13H,2-12H2,1H3,(H,21,22). The molecule has 0 spiro atoms. The zero-order valence-corrected chi connectivity index (χ0v) is 15.0. The molecular weight excluding hydrogens is 317 g/mol. The van der Waals surface area contributed by atoms with Gasteiger partial charge >= 0.3 is 0 Å². The van der Waals surface area contributed by atoms with Crippen LogP contribution in [0.25, 0.3) is 0 Å². The lowest BCUT2D eigenvalue weighted by atomic mass is 9.70. The van der Waals surface area contributed by atoms with Crippen LogP contribution in [0.3, 0.4) is 0 Å². The van der Waals surface area contributed by atoms with Gasteiger partial charge in [0.15, 0.2) is 0 Å². The Kier molecular flexibility index (Phi) is 6.83. The van der Waals surface area contributed by atoms with Crippen LogP contribution >= 0.6 is 23.2 Å². The lowest BCUT2D eigenvalue weighted by Gasteiger charge is -2.36. The van der Waals surface area contributed by atoms with Gasteiger partial charge in [0.1, 0.15) is 0 Å². The molecule has 0 radical (unpaired) electrons. The number of carbonyl (C=O) groups is 1. The number of nitrogens with one attached hydrogen (secondary N) is 1. The van der Waals surface area contributed by atoms with E-state index in [2.05, 4.69) is 12.2 Å². The second-order valence-corrected chi connectivity index (χ2v) is 7.54. The van der Waals surface area contributed by atoms with Crippen LogP contribution in [-0.4, -0.2) is 5.91 Å². The van der Waals surface area contributed by atoms with E-state index in [0.29, 0.717) is 10.1 Å². The molecule has 2 aliphatic rings. The van der Waals surface area contributed by atoms with Crippen LogP contribution in [0, 0.1) is 5.41 Å². The highest BCUT2D eigenvalue weighted by Gasteiger charge is 2.39. The summed E-state index contributed by atoms with van der Waals surface area (Å²) in [5, 5.41) is 4.40. The molecular formula is C18H27Cl2NO. The number of hydrogen-bond donors (Lipinski definition) is 1. The second kappa shape index (κ2) is 8.40. The van der Waals surface area contributed by atoms with Crippen LogP contribution in [0.15, 0.2) is 21.8 Å². The topological polar surface area (TPSA) is 29.1 Å². The second-order valence-electron chi connectivity index (χ2n) is 6.67. The third-order valence-electron chi connectivity index (χ3n) is 5.00. The van der Waals surface area contributed by atoms with E-state index in [1.165, 1.54) is 32.1 Å². The van der Waals surface area contributed by atoms with Crippen molar-refractivity contribution in [3.63, 3.8) is 0 Å². The van der Waals surface area contributed by atoms with E-state index in [0.717, 1.165) is 44.2 Å². The van der Waals surface area contributed by atoms with Crippen LogP contribution in [0.2, 0.25) is 0 Å². The van der Waals surface area contributed by atoms with Gasteiger partial charge < -0.3 is 5.32 Å². The van der Waals surface area contributed by atoms with Crippen molar-refractivity contribution in [1.29, 1.82) is 0 Å². The summed E-state index contributed by atoms with van der Waals surface area (Å²) in [5.74, 6) is 0.206. The Labute approximate surface area is 144 Å². The molecule has 124 valence electrons. The van der Waals surface area contributed by atoms with Gasteiger partial charge in [-0.05, 0) is 38.2 Å². The summed E-state index contributed by atoms with van der Waals surface area (Å²) in [6, 6.07) is 0. The maximum Gasteiger partial charge on any atom is 0.230 e. The van der Waals surface area contributed by atoms with Crippen LogP contribution in [0.4, 0.5) is 0 Å². The van der Waals surface area contributed by atoms with Crippen LogP contribution in [0.5, 0.6) is 0 Å². The third-order valence-corrected chi connectivity index (χ3v) is 5.83. The Morgan fingerprint density at radius 3 is 2.55 bits per heavy atom. The molecule has 1 N–H and O–H groups in total. The number of halogens is 2. The Morgan fingerprint density at radius 1 is 1.18 bits per heavy atom. The van der Waals surface area contributed by atoms with Crippen molar-refractivity contribution < 1.29 is 4.79 Å². The van der Waals surface area contributed by atoms with Crippen molar-refractivity contribution in [3.8, 4) is 0 Å². The van der Waals surface area contributed by atoms with Crippen molar-refractivity contribution in [3.05, 3.63) is 21.8 Å². The van der Waals surface area contributed by atoms with E-state index < -0.39 is 0 Å². The predicted molar refractivity (Wildman–Crippen MR) is 93.9 cm³/mol. The lowest BCUT2D eigenvalue weighted by Crippen LogP contribution is -2.42. The fourth-order valence-electron chi connectivity index (χ4n) is 3.58. The molecule has 2 rings (SSSR count). The number of allylic oxidation sites excluding steroid dienone is 4. The first-order valence-electron chi connectivity index (χ1n) is 8.63. The predicted octanol–water partition coefficient (Wildman–Crippen LogP) is 6.00. The van der Waals surface area contributed by atoms with Gasteiger partial charge in [0, 0.05) is 16.1 Å². The highest BCUT2D eigenvalue weighted by atomic mass is 35.5. The zero-order chi connectivity index (χ0) is 16.0. The van der Waals surface area contributed by atoms with Gasteiger partial charge in [0.2, 0.25) is 5.91 Å². The van der Waals surface area contributed by atoms with Gasteiger partial charge in [-0.2, -0.15) is 0 Å². The third kappa shape index (κ3) is 4.52. The fourth-order valence-corrected chi connectivity index (χ4v) is 3.95. The van der Waals surface area contributed by atoms with E-state index in [-0.39, 0.29) is 11.3 Å². The molecule has 0 aliphatic heterocycles. The minimum atomic E-state index is -0.161. The normalized spacial score (nSPS) is 21.5. The van der Waals surface area contributed by atoms with Gasteiger partial charge in [-0.25, -0.2) is 0 Å². The van der Waals surface area contributed by atoms with E-state index >= 15 is 0 Å². The maximum atomic E-state index is 12.9. The summed E-state index contributed by atoms with van der Waals surface area (Å²) in [5.41, 5.74) is 0.755. The molecule has 0 aromatic heterocycles. The number of hydrogen-bond acceptors (Lipinski definition) is 1. The van der Waals surface area contributed by atoms with Gasteiger partial charge in [-0.15, -0.1) is 0 Å². The summed E-state index contributed by atoms with van der Waals surface area (Å²) in [4.78, 5) is 12.9. The minimum Gasteiger partial charge on any atom is -0.329 e. The van der Waals surface area contributed by atoms with E-state index in [1.807, 2.05) is 6.08 Å². The summed E-state index contributed by atoms with van der Waals surface area (Å²) in [6.45, 7) is 2.21. The van der Waals surface area contributed by atoms with Crippen molar-refractivity contribution in [2.45, 2.75) is 77.6 Å². The van der Waals surface area contributed by atoms with Crippen LogP contribution < -0.4 is 5.32 Å². The van der Waals surface area contributed by atoms with Gasteiger partial charge in [0.05, 0.1) is 5.03 Å². The molecule has 0 bridgehead atoms. The summed E-state index contributed by atoms with van der Waals surface area (Å²) in [6.07, 6.45) is 13.5. The highest BCUT2D eigenvalue weighted by Crippen LogP contribution is 2.41. The Hall–Kier alpha value is -0.470. The largest absolute Gasteiger partial charge is 0.329 e. The quantitative estimate of drug-likeness (QED) is 0.588. The summed E-state index contributed by atoms with van der Waals surface area (Å²) in [7, 11) is 0. The molecule has 2 nitrogen and oxygen atoms in total. The smallest absolute Gasteiger partial charge is 0.230 e. The first-order chi connectivity index (χ1) is 10.6. The van der Waals surface area contributed by atoms with E-state index in [9.17, 15) is 4.79 Å². The first kappa shape index (κ1) is 17.9. The van der Waals surface area contributed by atoms with Gasteiger partial charge in [0.25, 0.3) is 0 Å². The molecule has 1 saturated carbocycles. The fraction of sp³-hybridized carbons (Fsp3) is 0.722. The molecule has 2 aliphatic carbocycles. The Morgan fingerprint density at radius 2 is 1.91 bits per heavy atom. The Balaban J connectivity index is 2.04. The SMILES string of the molecule is CCCCCC1(C(=O)NC2=CC(Cl)=C(Cl)CC2)CCCCC1. The Bertz CT molecular complexity index is 462. The van der Waals surface area contributed by atoms with Crippen molar-refractivity contribution >= 4 is 29.1 Å². The average Bonchev–Trinajstić information content (AvgIpc) is 2.52. The van der Waals surface area contributed by atoms with Crippen molar-refractivity contribution in [2.24, 2.45) is 5.41 Å². The highest BCUT2D eigenvalue weighted by molar-refractivity contribution is 6.40. The number of carbonyl (C=O) groups excluding carboxylic acids is 1. The molecule has 0 aromatic rings. The lowest BCUT2D eigenvalue weighted by molar-refractivity contribution is -0.132. The molecule has 1 fully saturated rings. The van der Waals surface area contributed by atoms with Crippen LogP contribution in [-0.2, 0) is 4.79 Å². The minimum absolute atomic E-state index is 0.161. The molecule has 1 amide bonds. The molecule has 0 saturated heterocycles. The molecule has 0 aromatic carbocycles. The van der Waals surface area contributed by atoms with Gasteiger partial charge in [-0.1, -0.05) is 68.7 Å². The summed E-state index contributed by atoms with van der Waals surface area (Å²) < 4.78 is 0. The molecule has 0 unspecified atom stereocenters. The first-order valence-corrected chi connectivity index (χ1v) is 9.39. The molecule has 0 heterocycles. The van der Waals surface area contributed by atoms with E-state index in [1.54, 1.807) is 0 Å². The number of amides is 1. The van der Waals surface area contributed by atoms with Crippen molar-refractivity contribution in [1.82, 2.24) is 5.32 Å².